The van der Waals surface area contributed by atoms with E-state index < -0.39 is 27.9 Å². The van der Waals surface area contributed by atoms with Crippen molar-refractivity contribution >= 4 is 55.1 Å². The molecule has 3 aromatic carbocycles. The second kappa shape index (κ2) is 10.9. The molecule has 2 N–H and O–H groups in total. The summed E-state index contributed by atoms with van der Waals surface area (Å²) in [5.41, 5.74) is 1.86. The Labute approximate surface area is 222 Å². The quantitative estimate of drug-likeness (QED) is 0.362. The van der Waals surface area contributed by atoms with Crippen molar-refractivity contribution in [3.63, 3.8) is 0 Å². The average molecular weight is 594 g/mol. The maximum atomic E-state index is 13.6. The van der Waals surface area contributed by atoms with E-state index in [-0.39, 0.29) is 35.9 Å². The molecule has 0 spiro atoms. The number of anilines is 1. The van der Waals surface area contributed by atoms with Gasteiger partial charge in [-0.1, -0.05) is 41.9 Å². The highest BCUT2D eigenvalue weighted by Crippen LogP contribution is 2.38. The molecule has 11 heteroatoms. The van der Waals surface area contributed by atoms with Gasteiger partial charge < -0.3 is 15.2 Å². The van der Waals surface area contributed by atoms with Crippen molar-refractivity contribution in [1.29, 1.82) is 0 Å². The zero-order valence-corrected chi connectivity index (χ0v) is 22.0. The molecule has 0 saturated carbocycles. The Morgan fingerprint density at radius 1 is 1.11 bits per heavy atom. The molecule has 8 nitrogen and oxygen atoms in total. The summed E-state index contributed by atoms with van der Waals surface area (Å²) in [5.74, 6) is -0.832. The topological polar surface area (TPSA) is 113 Å². The van der Waals surface area contributed by atoms with E-state index in [0.717, 1.165) is 9.87 Å². The monoisotopic (exact) mass is 592 g/mol. The lowest BCUT2D eigenvalue weighted by Gasteiger charge is -2.26. The van der Waals surface area contributed by atoms with E-state index in [1.807, 2.05) is 0 Å². The van der Waals surface area contributed by atoms with Gasteiger partial charge in [-0.3, -0.25) is 13.9 Å². The van der Waals surface area contributed by atoms with Crippen LogP contribution in [0.5, 0.6) is 5.75 Å². The number of carbonyl (C=O) groups excluding carboxylic acids is 1. The minimum absolute atomic E-state index is 0.0140. The molecule has 0 bridgehead atoms. The number of carbonyl (C=O) groups is 2. The third kappa shape index (κ3) is 5.66. The maximum Gasteiger partial charge on any atom is 0.307 e. The molecule has 0 aliphatic carbocycles. The number of fused-ring (bicyclic) bond motifs is 1. The first-order chi connectivity index (χ1) is 17.2. The number of hydrogen-bond donors (Lipinski definition) is 2. The zero-order chi connectivity index (χ0) is 25.9. The highest BCUT2D eigenvalue weighted by atomic mass is 79.9. The lowest BCUT2D eigenvalue weighted by molar-refractivity contribution is -0.136. The van der Waals surface area contributed by atoms with Gasteiger partial charge in [0, 0.05) is 10.9 Å². The molecule has 1 heterocycles. The number of halogens is 2. The zero-order valence-electron chi connectivity index (χ0n) is 18.9. The van der Waals surface area contributed by atoms with Crippen molar-refractivity contribution in [1.82, 2.24) is 5.32 Å². The van der Waals surface area contributed by atoms with Crippen molar-refractivity contribution in [2.75, 3.05) is 17.5 Å². The summed E-state index contributed by atoms with van der Waals surface area (Å²) < 4.78 is 34.5. The molecule has 0 unspecified atom stereocenters. The molecular formula is C25H22BrClN2O6S. The van der Waals surface area contributed by atoms with Crippen LogP contribution in [-0.2, 0) is 32.5 Å². The van der Waals surface area contributed by atoms with E-state index in [9.17, 15) is 18.0 Å². The van der Waals surface area contributed by atoms with Gasteiger partial charge in [0.05, 0.1) is 28.6 Å². The highest BCUT2D eigenvalue weighted by Gasteiger charge is 2.42. The van der Waals surface area contributed by atoms with Gasteiger partial charge in [-0.25, -0.2) is 8.42 Å². The van der Waals surface area contributed by atoms with E-state index in [2.05, 4.69) is 21.2 Å². The first-order valence-electron chi connectivity index (χ1n) is 11.0. The van der Waals surface area contributed by atoms with E-state index in [1.165, 1.54) is 12.1 Å². The Hall–Kier alpha value is -3.08. The SMILES string of the molecule is O=C(O)Cc1ccc(OCCNC(=O)[C@@H]2Cc3ccccc3N2S(=O)(=O)c2ccc(Br)c(Cl)c2)cc1. The fraction of sp³-hybridized carbons (Fsp3) is 0.200. The van der Waals surface area contributed by atoms with Crippen LogP contribution in [0.4, 0.5) is 5.69 Å². The normalized spacial score (nSPS) is 14.8. The molecular weight excluding hydrogens is 572 g/mol. The molecule has 36 heavy (non-hydrogen) atoms. The summed E-state index contributed by atoms with van der Waals surface area (Å²) in [5, 5.41) is 11.9. The van der Waals surface area contributed by atoms with Crippen molar-refractivity contribution < 1.29 is 27.9 Å². The number of amides is 1. The van der Waals surface area contributed by atoms with Crippen LogP contribution >= 0.6 is 27.5 Å². The van der Waals surface area contributed by atoms with E-state index in [4.69, 9.17) is 21.4 Å². The summed E-state index contributed by atoms with van der Waals surface area (Å²) in [6.45, 7) is 0.305. The van der Waals surface area contributed by atoms with E-state index in [0.29, 0.717) is 21.5 Å². The molecule has 1 amide bonds. The maximum absolute atomic E-state index is 13.6. The molecule has 1 aliphatic heterocycles. The number of aliphatic carboxylic acids is 1. The lowest BCUT2D eigenvalue weighted by Crippen LogP contribution is -2.48. The lowest BCUT2D eigenvalue weighted by atomic mass is 10.1. The van der Waals surface area contributed by atoms with Gasteiger partial charge in [0.2, 0.25) is 5.91 Å². The molecule has 0 saturated heterocycles. The molecule has 3 aromatic rings. The number of hydrogen-bond acceptors (Lipinski definition) is 5. The van der Waals surface area contributed by atoms with Crippen LogP contribution in [0, 0.1) is 0 Å². The minimum Gasteiger partial charge on any atom is -0.492 e. The van der Waals surface area contributed by atoms with E-state index >= 15 is 0 Å². The molecule has 0 aromatic heterocycles. The Bertz CT molecular complexity index is 1400. The molecule has 1 aliphatic rings. The first-order valence-corrected chi connectivity index (χ1v) is 13.6. The third-order valence-corrected chi connectivity index (χ3v) is 8.68. The summed E-state index contributed by atoms with van der Waals surface area (Å²) in [6.07, 6.45) is 0.156. The summed E-state index contributed by atoms with van der Waals surface area (Å²) >= 11 is 9.41. The van der Waals surface area contributed by atoms with Crippen LogP contribution in [-0.4, -0.2) is 44.6 Å². The van der Waals surface area contributed by atoms with Gasteiger partial charge in [0.25, 0.3) is 10.0 Å². The fourth-order valence-corrected chi connectivity index (χ4v) is 6.11. The first kappa shape index (κ1) is 26.0. The van der Waals surface area contributed by atoms with Gasteiger partial charge in [0.15, 0.2) is 0 Å². The second-order valence-corrected chi connectivity index (χ2v) is 11.2. The van der Waals surface area contributed by atoms with Crippen LogP contribution in [0.2, 0.25) is 5.02 Å². The van der Waals surface area contributed by atoms with Crippen molar-refractivity contribution in [3.05, 3.63) is 87.4 Å². The Morgan fingerprint density at radius 2 is 1.83 bits per heavy atom. The van der Waals surface area contributed by atoms with Crippen molar-refractivity contribution in [2.45, 2.75) is 23.8 Å². The molecule has 1 atom stereocenters. The molecule has 188 valence electrons. The van der Waals surface area contributed by atoms with Crippen LogP contribution in [0.1, 0.15) is 11.1 Å². The van der Waals surface area contributed by atoms with Gasteiger partial charge in [-0.05, 0) is 63.5 Å². The number of carboxylic acids is 1. The molecule has 0 fully saturated rings. The molecule has 0 radical (unpaired) electrons. The Kier molecular flexibility index (Phi) is 7.87. The number of carboxylic acid groups (broad SMARTS) is 1. The standard InChI is InChI=1S/C25H22BrClN2O6S/c26-20-10-9-19(15-21(20)27)36(33,34)29-22-4-2-1-3-17(22)14-23(29)25(32)28-11-12-35-18-7-5-16(6-8-18)13-24(30)31/h1-10,15,23H,11-14H2,(H,28,32)(H,30,31)/t23-/m0/s1. The van der Waals surface area contributed by atoms with Crippen LogP contribution < -0.4 is 14.4 Å². The van der Waals surface area contributed by atoms with Gasteiger partial charge in [-0.15, -0.1) is 0 Å². The number of nitrogens with one attached hydrogen (secondary N) is 1. The van der Waals surface area contributed by atoms with Crippen LogP contribution in [0.3, 0.4) is 0 Å². The molecule has 4 rings (SSSR count). The van der Waals surface area contributed by atoms with Crippen LogP contribution in [0.25, 0.3) is 0 Å². The average Bonchev–Trinajstić information content (AvgIpc) is 3.25. The summed E-state index contributed by atoms with van der Waals surface area (Å²) in [6, 6.07) is 17.0. The summed E-state index contributed by atoms with van der Waals surface area (Å²) in [4.78, 5) is 23.9. The second-order valence-electron chi connectivity index (χ2n) is 8.08. The number of rotatable bonds is 9. The predicted molar refractivity (Wildman–Crippen MR) is 139 cm³/mol. The number of para-hydroxylation sites is 1. The van der Waals surface area contributed by atoms with Crippen LogP contribution in [0.15, 0.2) is 76.1 Å². The largest absolute Gasteiger partial charge is 0.492 e. The Balaban J connectivity index is 1.45. The van der Waals surface area contributed by atoms with Gasteiger partial charge >= 0.3 is 5.97 Å². The highest BCUT2D eigenvalue weighted by molar-refractivity contribution is 9.10. The number of nitrogens with zero attached hydrogens (tertiary/aromatic N) is 1. The third-order valence-electron chi connectivity index (χ3n) is 5.62. The van der Waals surface area contributed by atoms with Gasteiger partial charge in [0.1, 0.15) is 18.4 Å². The number of benzene rings is 3. The summed E-state index contributed by atoms with van der Waals surface area (Å²) in [7, 11) is -4.08. The number of ether oxygens (including phenoxy) is 1. The predicted octanol–water partition coefficient (Wildman–Crippen LogP) is 4.04. The minimum atomic E-state index is -4.08. The smallest absolute Gasteiger partial charge is 0.307 e. The Morgan fingerprint density at radius 3 is 2.53 bits per heavy atom. The van der Waals surface area contributed by atoms with Gasteiger partial charge in [-0.2, -0.15) is 0 Å². The fourth-order valence-electron chi connectivity index (χ4n) is 3.94. The van der Waals surface area contributed by atoms with Crippen molar-refractivity contribution in [3.8, 4) is 5.75 Å². The van der Waals surface area contributed by atoms with Crippen molar-refractivity contribution in [2.24, 2.45) is 0 Å². The number of sulfonamides is 1. The van der Waals surface area contributed by atoms with E-state index in [1.54, 1.807) is 54.6 Å².